The number of hydrogen-bond donors (Lipinski definition) is 3. The molecule has 0 aromatic heterocycles. The lowest BCUT2D eigenvalue weighted by atomic mass is 10.2. The molecule has 0 heterocycles. The van der Waals surface area contributed by atoms with E-state index in [1.54, 1.807) is 31.4 Å². The Labute approximate surface area is 140 Å². The molecular formula is C18H18N4O2. The Bertz CT molecular complexity index is 759. The van der Waals surface area contributed by atoms with Crippen molar-refractivity contribution in [2.45, 2.75) is 6.54 Å². The smallest absolute Gasteiger partial charge is 0.267 e. The number of carbonyl (C=O) groups excluding carboxylic acids is 1. The highest BCUT2D eigenvalue weighted by atomic mass is 16.5. The first-order valence-electron chi connectivity index (χ1n) is 7.26. The number of nitrogens with one attached hydrogen (secondary N) is 2. The summed E-state index contributed by atoms with van der Waals surface area (Å²) in [6.45, 7) is 0.490. The Kier molecular flexibility index (Phi) is 5.81. The number of nitriles is 1. The fraction of sp³-hybridized carbons (Fsp3) is 0.111. The van der Waals surface area contributed by atoms with E-state index in [1.807, 2.05) is 30.3 Å². The Morgan fingerprint density at radius 3 is 2.46 bits per heavy atom. The van der Waals surface area contributed by atoms with Crippen LogP contribution in [0, 0.1) is 11.3 Å². The zero-order valence-corrected chi connectivity index (χ0v) is 13.2. The minimum Gasteiger partial charge on any atom is -0.497 e. The van der Waals surface area contributed by atoms with E-state index in [2.05, 4.69) is 10.6 Å². The average Bonchev–Trinajstić information content (AvgIpc) is 2.61. The van der Waals surface area contributed by atoms with E-state index >= 15 is 0 Å². The SMILES string of the molecule is COc1ccc(CN/C=C(/C#N)C(=O)Nc2ccc(N)cc2)cc1. The van der Waals surface area contributed by atoms with Gasteiger partial charge in [0.15, 0.2) is 0 Å². The van der Waals surface area contributed by atoms with Gasteiger partial charge in [0.25, 0.3) is 5.91 Å². The molecule has 0 aliphatic carbocycles. The van der Waals surface area contributed by atoms with Crippen molar-refractivity contribution in [2.75, 3.05) is 18.2 Å². The summed E-state index contributed by atoms with van der Waals surface area (Å²) < 4.78 is 5.09. The minimum atomic E-state index is -0.482. The van der Waals surface area contributed by atoms with Crippen molar-refractivity contribution in [1.82, 2.24) is 5.32 Å². The molecule has 2 rings (SSSR count). The van der Waals surface area contributed by atoms with Gasteiger partial charge in [-0.3, -0.25) is 4.79 Å². The summed E-state index contributed by atoms with van der Waals surface area (Å²) in [4.78, 5) is 12.1. The number of nitrogens with zero attached hydrogens (tertiary/aromatic N) is 1. The van der Waals surface area contributed by atoms with Crippen LogP contribution in [0.5, 0.6) is 5.75 Å². The van der Waals surface area contributed by atoms with Gasteiger partial charge in [-0.05, 0) is 42.0 Å². The quantitative estimate of drug-likeness (QED) is 0.431. The maximum atomic E-state index is 12.1. The van der Waals surface area contributed by atoms with Crippen molar-refractivity contribution in [3.05, 3.63) is 65.9 Å². The molecule has 6 nitrogen and oxygen atoms in total. The summed E-state index contributed by atoms with van der Waals surface area (Å²) in [7, 11) is 1.61. The van der Waals surface area contributed by atoms with Crippen molar-refractivity contribution >= 4 is 17.3 Å². The molecule has 2 aromatic rings. The monoisotopic (exact) mass is 322 g/mol. The summed E-state index contributed by atoms with van der Waals surface area (Å²) >= 11 is 0. The van der Waals surface area contributed by atoms with E-state index in [9.17, 15) is 4.79 Å². The van der Waals surface area contributed by atoms with Gasteiger partial charge in [-0.1, -0.05) is 12.1 Å². The molecule has 1 amide bonds. The third-order valence-corrected chi connectivity index (χ3v) is 3.25. The molecule has 0 bridgehead atoms. The number of benzene rings is 2. The third-order valence-electron chi connectivity index (χ3n) is 3.25. The second-order valence-corrected chi connectivity index (χ2v) is 4.97. The van der Waals surface area contributed by atoms with Gasteiger partial charge >= 0.3 is 0 Å². The molecule has 0 radical (unpaired) electrons. The highest BCUT2D eigenvalue weighted by Crippen LogP contribution is 2.12. The molecule has 0 spiro atoms. The zero-order valence-electron chi connectivity index (χ0n) is 13.2. The maximum absolute atomic E-state index is 12.1. The van der Waals surface area contributed by atoms with Crippen LogP contribution in [0.2, 0.25) is 0 Å². The first-order chi connectivity index (χ1) is 11.6. The summed E-state index contributed by atoms with van der Waals surface area (Å²) in [5.41, 5.74) is 7.75. The second-order valence-electron chi connectivity index (χ2n) is 4.97. The van der Waals surface area contributed by atoms with Crippen LogP contribution >= 0.6 is 0 Å². The predicted octanol–water partition coefficient (Wildman–Crippen LogP) is 2.41. The number of rotatable bonds is 6. The van der Waals surface area contributed by atoms with Gasteiger partial charge < -0.3 is 21.1 Å². The van der Waals surface area contributed by atoms with Crippen molar-refractivity contribution in [1.29, 1.82) is 5.26 Å². The van der Waals surface area contributed by atoms with E-state index < -0.39 is 5.91 Å². The standard InChI is InChI=1S/C18H18N4O2/c1-24-17-8-2-13(3-9-17)11-21-12-14(10-19)18(23)22-16-6-4-15(20)5-7-16/h2-9,12,21H,11,20H2,1H3,(H,22,23)/b14-12-. The lowest BCUT2D eigenvalue weighted by molar-refractivity contribution is -0.112. The maximum Gasteiger partial charge on any atom is 0.267 e. The van der Waals surface area contributed by atoms with Gasteiger partial charge in [-0.2, -0.15) is 5.26 Å². The summed E-state index contributed by atoms with van der Waals surface area (Å²) in [5.74, 6) is 0.291. The molecule has 0 unspecified atom stereocenters. The molecule has 122 valence electrons. The van der Waals surface area contributed by atoms with Gasteiger partial charge in [0.05, 0.1) is 7.11 Å². The van der Waals surface area contributed by atoms with Gasteiger partial charge in [0.1, 0.15) is 17.4 Å². The number of nitrogen functional groups attached to an aromatic ring is 1. The summed E-state index contributed by atoms with van der Waals surface area (Å²) in [6, 6.07) is 16.1. The molecular weight excluding hydrogens is 304 g/mol. The van der Waals surface area contributed by atoms with Gasteiger partial charge in [-0.25, -0.2) is 0 Å². The first kappa shape index (κ1) is 16.9. The van der Waals surface area contributed by atoms with Crippen LogP contribution in [-0.4, -0.2) is 13.0 Å². The van der Waals surface area contributed by atoms with Crippen LogP contribution in [0.3, 0.4) is 0 Å². The summed E-state index contributed by atoms with van der Waals surface area (Å²) in [5, 5.41) is 14.7. The van der Waals surface area contributed by atoms with Crippen LogP contribution in [0.1, 0.15) is 5.56 Å². The molecule has 6 heteroatoms. The Balaban J connectivity index is 1.93. The summed E-state index contributed by atoms with van der Waals surface area (Å²) in [6.07, 6.45) is 1.40. The molecule has 0 aliphatic rings. The Morgan fingerprint density at radius 2 is 1.88 bits per heavy atom. The largest absolute Gasteiger partial charge is 0.497 e. The number of amides is 1. The highest BCUT2D eigenvalue weighted by molar-refractivity contribution is 6.06. The van der Waals surface area contributed by atoms with Gasteiger partial charge in [0.2, 0.25) is 0 Å². The number of anilines is 2. The number of carbonyl (C=O) groups is 1. The first-order valence-corrected chi connectivity index (χ1v) is 7.26. The van der Waals surface area contributed by atoms with Gasteiger partial charge in [-0.15, -0.1) is 0 Å². The lowest BCUT2D eigenvalue weighted by Crippen LogP contribution is -2.16. The second kappa shape index (κ2) is 8.25. The fourth-order valence-corrected chi connectivity index (χ4v) is 1.93. The lowest BCUT2D eigenvalue weighted by Gasteiger charge is -2.06. The fourth-order valence-electron chi connectivity index (χ4n) is 1.93. The van der Waals surface area contributed by atoms with Crippen molar-refractivity contribution in [2.24, 2.45) is 0 Å². The Hall–Kier alpha value is -3.46. The van der Waals surface area contributed by atoms with Crippen LogP contribution < -0.4 is 21.1 Å². The van der Waals surface area contributed by atoms with Gasteiger partial charge in [0, 0.05) is 24.1 Å². The number of hydrogen-bond acceptors (Lipinski definition) is 5. The van der Waals surface area contributed by atoms with Crippen LogP contribution in [0.4, 0.5) is 11.4 Å². The number of methoxy groups -OCH3 is 1. The predicted molar refractivity (Wildman–Crippen MR) is 93.0 cm³/mol. The molecule has 24 heavy (non-hydrogen) atoms. The third kappa shape index (κ3) is 4.78. The average molecular weight is 322 g/mol. The van der Waals surface area contributed by atoms with E-state index in [4.69, 9.17) is 15.7 Å². The van der Waals surface area contributed by atoms with E-state index in [0.717, 1.165) is 11.3 Å². The zero-order chi connectivity index (χ0) is 17.4. The molecule has 0 aliphatic heterocycles. The molecule has 4 N–H and O–H groups in total. The van der Waals surface area contributed by atoms with Crippen molar-refractivity contribution < 1.29 is 9.53 Å². The van der Waals surface area contributed by atoms with Crippen molar-refractivity contribution in [3.8, 4) is 11.8 Å². The number of nitrogens with two attached hydrogens (primary N) is 1. The van der Waals surface area contributed by atoms with Crippen LogP contribution in [0.25, 0.3) is 0 Å². The topological polar surface area (TPSA) is 100 Å². The van der Waals surface area contributed by atoms with E-state index in [-0.39, 0.29) is 5.57 Å². The van der Waals surface area contributed by atoms with Crippen LogP contribution in [0.15, 0.2) is 60.3 Å². The van der Waals surface area contributed by atoms with E-state index in [1.165, 1.54) is 6.20 Å². The molecule has 2 aromatic carbocycles. The molecule has 0 saturated heterocycles. The van der Waals surface area contributed by atoms with Crippen LogP contribution in [-0.2, 0) is 11.3 Å². The minimum absolute atomic E-state index is 0.0136. The highest BCUT2D eigenvalue weighted by Gasteiger charge is 2.08. The molecule has 0 saturated carbocycles. The Morgan fingerprint density at radius 1 is 1.21 bits per heavy atom. The molecule has 0 fully saturated rings. The normalized spacial score (nSPS) is 10.6. The number of ether oxygens (including phenoxy) is 1. The van der Waals surface area contributed by atoms with E-state index in [0.29, 0.717) is 17.9 Å². The van der Waals surface area contributed by atoms with Crippen molar-refractivity contribution in [3.63, 3.8) is 0 Å². The molecule has 0 atom stereocenters.